The molecule has 2 N–H and O–H groups in total. The monoisotopic (exact) mass is 490 g/mol. The van der Waals surface area contributed by atoms with Crippen LogP contribution in [-0.2, 0) is 0 Å². The molecule has 6 heteroatoms. The van der Waals surface area contributed by atoms with E-state index in [1.807, 2.05) is 12.1 Å². The molecule has 20 heavy (non-hydrogen) atoms. The molecule has 100 valence electrons. The molecule has 4 nitrogen and oxygen atoms in total. The molecule has 1 aromatic heterocycles. The summed E-state index contributed by atoms with van der Waals surface area (Å²) in [7, 11) is 0. The lowest BCUT2D eigenvalue weighted by Crippen LogP contribution is -2.09. The maximum atomic E-state index is 12.1. The van der Waals surface area contributed by atoms with E-state index in [0.717, 1.165) is 7.14 Å². The number of H-pyrrole nitrogens is 1. The van der Waals surface area contributed by atoms with Gasteiger partial charge < -0.3 is 10.1 Å². The molecule has 0 saturated heterocycles. The number of nitrogens with one attached hydrogen (secondary N) is 1. The number of nitrogens with zero attached hydrogens (tertiary/aromatic N) is 1. The summed E-state index contributed by atoms with van der Waals surface area (Å²) in [6.45, 7) is 0. The molecular formula is C14H8I2N2O2. The predicted molar refractivity (Wildman–Crippen MR) is 94.9 cm³/mol. The van der Waals surface area contributed by atoms with Crippen LogP contribution in [0.25, 0.3) is 22.3 Å². The Hall–Kier alpha value is -1.16. The van der Waals surface area contributed by atoms with Crippen LogP contribution in [0.4, 0.5) is 0 Å². The Morgan fingerprint density at radius 2 is 1.90 bits per heavy atom. The first-order chi connectivity index (χ1) is 9.56. The van der Waals surface area contributed by atoms with E-state index in [4.69, 9.17) is 0 Å². The second-order valence-electron chi connectivity index (χ2n) is 4.22. The van der Waals surface area contributed by atoms with Crippen molar-refractivity contribution in [2.45, 2.75) is 0 Å². The predicted octanol–water partition coefficient (Wildman–Crippen LogP) is 3.50. The molecule has 0 radical (unpaired) electrons. The fraction of sp³-hybridized carbons (Fsp3) is 0. The third-order valence-electron chi connectivity index (χ3n) is 2.90. The average molecular weight is 490 g/mol. The van der Waals surface area contributed by atoms with Gasteiger partial charge in [0.2, 0.25) is 0 Å². The van der Waals surface area contributed by atoms with Gasteiger partial charge in [0.05, 0.1) is 20.0 Å². The number of hydrogen-bond acceptors (Lipinski definition) is 3. The van der Waals surface area contributed by atoms with E-state index >= 15 is 0 Å². The average Bonchev–Trinajstić information content (AvgIpc) is 2.43. The summed E-state index contributed by atoms with van der Waals surface area (Å²) >= 11 is 4.22. The third-order valence-corrected chi connectivity index (χ3v) is 4.34. The van der Waals surface area contributed by atoms with E-state index in [-0.39, 0.29) is 11.3 Å². The number of hydrogen-bond donors (Lipinski definition) is 2. The van der Waals surface area contributed by atoms with Crippen LogP contribution in [0.2, 0.25) is 0 Å². The zero-order chi connectivity index (χ0) is 14.3. The third kappa shape index (κ3) is 2.41. The van der Waals surface area contributed by atoms with Gasteiger partial charge in [-0.15, -0.1) is 0 Å². The standard InChI is InChI=1S/C14H8I2N2O2/c15-7-5-9(12(19)10(16)6-7)13-17-11-4-2-1-3-8(11)14(20)18-13/h1-6,19H,(H,17,18,20). The molecule has 3 rings (SSSR count). The highest BCUT2D eigenvalue weighted by atomic mass is 127. The molecular weight excluding hydrogens is 482 g/mol. The van der Waals surface area contributed by atoms with Crippen LogP contribution < -0.4 is 5.56 Å². The normalized spacial score (nSPS) is 10.9. The maximum Gasteiger partial charge on any atom is 0.259 e. The number of aromatic nitrogens is 2. The molecule has 0 aliphatic carbocycles. The topological polar surface area (TPSA) is 66.0 Å². The Bertz CT molecular complexity index is 875. The van der Waals surface area contributed by atoms with Crippen molar-refractivity contribution >= 4 is 56.1 Å². The van der Waals surface area contributed by atoms with E-state index in [1.165, 1.54) is 0 Å². The number of aromatic hydroxyl groups is 1. The molecule has 3 aromatic rings. The van der Waals surface area contributed by atoms with Crippen molar-refractivity contribution in [1.82, 2.24) is 9.97 Å². The van der Waals surface area contributed by atoms with Crippen LogP contribution in [0.15, 0.2) is 41.2 Å². The number of halogens is 2. The lowest BCUT2D eigenvalue weighted by Gasteiger charge is -2.07. The molecule has 0 saturated carbocycles. The summed E-state index contributed by atoms with van der Waals surface area (Å²) in [6, 6.07) is 10.8. The van der Waals surface area contributed by atoms with Gasteiger partial charge in [0.15, 0.2) is 0 Å². The Balaban J connectivity index is 2.33. The number of fused-ring (bicyclic) bond motifs is 1. The Morgan fingerprint density at radius 1 is 1.15 bits per heavy atom. The minimum atomic E-state index is -0.209. The fourth-order valence-electron chi connectivity index (χ4n) is 1.96. The quantitative estimate of drug-likeness (QED) is 0.514. The summed E-state index contributed by atoms with van der Waals surface area (Å²) in [5, 5.41) is 10.7. The van der Waals surface area contributed by atoms with E-state index in [0.29, 0.717) is 22.3 Å². The van der Waals surface area contributed by atoms with Crippen molar-refractivity contribution in [3.05, 3.63) is 53.9 Å². The van der Waals surface area contributed by atoms with Gasteiger partial charge in [-0.3, -0.25) is 4.79 Å². The van der Waals surface area contributed by atoms with Crippen molar-refractivity contribution in [2.75, 3.05) is 0 Å². The van der Waals surface area contributed by atoms with E-state index in [2.05, 4.69) is 55.1 Å². The van der Waals surface area contributed by atoms with Gasteiger partial charge in [-0.2, -0.15) is 0 Å². The zero-order valence-corrected chi connectivity index (χ0v) is 14.3. The van der Waals surface area contributed by atoms with Gasteiger partial charge in [-0.1, -0.05) is 12.1 Å². The maximum absolute atomic E-state index is 12.1. The van der Waals surface area contributed by atoms with Crippen molar-refractivity contribution in [2.24, 2.45) is 0 Å². The number of benzene rings is 2. The smallest absolute Gasteiger partial charge is 0.259 e. The van der Waals surface area contributed by atoms with Gasteiger partial charge in [0.25, 0.3) is 5.56 Å². The van der Waals surface area contributed by atoms with E-state index < -0.39 is 0 Å². The summed E-state index contributed by atoms with van der Waals surface area (Å²) in [5.74, 6) is 0.507. The van der Waals surface area contributed by atoms with Crippen molar-refractivity contribution < 1.29 is 5.11 Å². The highest BCUT2D eigenvalue weighted by molar-refractivity contribution is 14.1. The summed E-state index contributed by atoms with van der Waals surface area (Å²) in [6.07, 6.45) is 0. The minimum Gasteiger partial charge on any atom is -0.506 e. The molecule has 0 fully saturated rings. The van der Waals surface area contributed by atoms with Gasteiger partial charge in [-0.05, 0) is 69.4 Å². The highest BCUT2D eigenvalue weighted by Crippen LogP contribution is 2.33. The first kappa shape index (κ1) is 13.8. The molecule has 1 heterocycles. The first-order valence-electron chi connectivity index (χ1n) is 5.73. The first-order valence-corrected chi connectivity index (χ1v) is 7.89. The molecule has 0 bridgehead atoms. The Morgan fingerprint density at radius 3 is 2.70 bits per heavy atom. The minimum absolute atomic E-state index is 0.129. The number of phenols is 1. The molecule has 0 spiro atoms. The molecule has 0 atom stereocenters. The van der Waals surface area contributed by atoms with Crippen LogP contribution in [-0.4, -0.2) is 15.1 Å². The second-order valence-corrected chi connectivity index (χ2v) is 6.62. The molecule has 2 aromatic carbocycles. The van der Waals surface area contributed by atoms with E-state index in [9.17, 15) is 9.90 Å². The largest absolute Gasteiger partial charge is 0.506 e. The molecule has 0 unspecified atom stereocenters. The fourth-order valence-corrected chi connectivity index (χ4v) is 3.81. The number of para-hydroxylation sites is 1. The van der Waals surface area contributed by atoms with Gasteiger partial charge in [0, 0.05) is 3.57 Å². The second kappa shape index (κ2) is 5.32. The summed E-state index contributed by atoms with van der Waals surface area (Å²) < 4.78 is 1.69. The van der Waals surface area contributed by atoms with Gasteiger partial charge in [-0.25, -0.2) is 4.98 Å². The van der Waals surface area contributed by atoms with Crippen LogP contribution in [0.1, 0.15) is 0 Å². The van der Waals surface area contributed by atoms with Crippen LogP contribution in [0.5, 0.6) is 5.75 Å². The number of phenolic OH excluding ortho intramolecular Hbond substituents is 1. The zero-order valence-electron chi connectivity index (χ0n) is 10.0. The van der Waals surface area contributed by atoms with Crippen molar-refractivity contribution in [3.8, 4) is 17.1 Å². The highest BCUT2D eigenvalue weighted by Gasteiger charge is 2.13. The van der Waals surface area contributed by atoms with Crippen LogP contribution in [0.3, 0.4) is 0 Å². The Labute approximate surface area is 141 Å². The van der Waals surface area contributed by atoms with Gasteiger partial charge >= 0.3 is 0 Å². The Kier molecular flexibility index (Phi) is 3.67. The van der Waals surface area contributed by atoms with E-state index in [1.54, 1.807) is 24.3 Å². The molecule has 0 aliphatic rings. The molecule has 0 amide bonds. The van der Waals surface area contributed by atoms with Gasteiger partial charge in [0.1, 0.15) is 11.6 Å². The lowest BCUT2D eigenvalue weighted by atomic mass is 10.1. The summed E-state index contributed by atoms with van der Waals surface area (Å²) in [4.78, 5) is 19.2. The molecule has 0 aliphatic heterocycles. The lowest BCUT2D eigenvalue weighted by molar-refractivity contribution is 0.473. The summed E-state index contributed by atoms with van der Waals surface area (Å²) in [5.41, 5.74) is 0.933. The van der Waals surface area contributed by atoms with Crippen LogP contribution in [0, 0.1) is 7.14 Å². The van der Waals surface area contributed by atoms with Crippen LogP contribution >= 0.6 is 45.2 Å². The van der Waals surface area contributed by atoms with Crippen molar-refractivity contribution in [1.29, 1.82) is 0 Å². The number of aromatic amines is 1. The van der Waals surface area contributed by atoms with Crippen molar-refractivity contribution in [3.63, 3.8) is 0 Å². The number of rotatable bonds is 1. The SMILES string of the molecule is O=c1[nH]c(-c2cc(I)cc(I)c2O)nc2ccccc12.